The molecule has 0 radical (unpaired) electrons. The minimum atomic E-state index is -3.97. The first kappa shape index (κ1) is 17.4. The summed E-state index contributed by atoms with van der Waals surface area (Å²) in [5.41, 5.74) is 0.545. The summed E-state index contributed by atoms with van der Waals surface area (Å²) in [6.07, 6.45) is 0. The van der Waals surface area contributed by atoms with Crippen molar-refractivity contribution in [3.63, 3.8) is 0 Å². The maximum Gasteiger partial charge on any atom is 0.264 e. The van der Waals surface area contributed by atoms with Crippen molar-refractivity contribution in [2.45, 2.75) is 31.1 Å². The van der Waals surface area contributed by atoms with Gasteiger partial charge in [0.2, 0.25) is 0 Å². The van der Waals surface area contributed by atoms with Crippen LogP contribution in [-0.4, -0.2) is 15.5 Å². The zero-order chi connectivity index (χ0) is 17.4. The van der Waals surface area contributed by atoms with E-state index in [1.165, 1.54) is 19.2 Å². The molecule has 0 saturated heterocycles. The van der Waals surface area contributed by atoms with Crippen LogP contribution in [0.2, 0.25) is 0 Å². The molecule has 2 aromatic rings. The first-order chi connectivity index (χ1) is 10.5. The van der Waals surface area contributed by atoms with Gasteiger partial charge in [-0.1, -0.05) is 32.9 Å². The van der Waals surface area contributed by atoms with Crippen LogP contribution < -0.4 is 4.31 Å². The summed E-state index contributed by atoms with van der Waals surface area (Å²) in [5.74, 6) is -1.50. The minimum absolute atomic E-state index is 0.0247. The number of halogens is 2. The first-order valence-electron chi connectivity index (χ1n) is 7.08. The van der Waals surface area contributed by atoms with Crippen molar-refractivity contribution in [3.05, 3.63) is 59.7 Å². The van der Waals surface area contributed by atoms with Gasteiger partial charge in [0.15, 0.2) is 0 Å². The van der Waals surface area contributed by atoms with Crippen LogP contribution in [-0.2, 0) is 15.4 Å². The zero-order valence-electron chi connectivity index (χ0n) is 13.5. The Morgan fingerprint density at radius 3 is 2.04 bits per heavy atom. The highest BCUT2D eigenvalue weighted by atomic mass is 32.2. The van der Waals surface area contributed by atoms with Crippen molar-refractivity contribution in [3.8, 4) is 0 Å². The number of rotatable bonds is 3. The molecule has 124 valence electrons. The molecule has 3 nitrogen and oxygen atoms in total. The van der Waals surface area contributed by atoms with Gasteiger partial charge in [0.05, 0.1) is 10.6 Å². The quantitative estimate of drug-likeness (QED) is 0.845. The fourth-order valence-corrected chi connectivity index (χ4v) is 3.34. The molecular weight excluding hydrogens is 320 g/mol. The Morgan fingerprint density at radius 2 is 1.52 bits per heavy atom. The van der Waals surface area contributed by atoms with Gasteiger partial charge >= 0.3 is 0 Å². The SMILES string of the molecule is CN(c1cc(F)ccc1F)S(=O)(=O)c1ccc(C(C)(C)C)cc1. The standard InChI is InChI=1S/C17H19F2NO2S/c1-17(2,3)12-5-8-14(9-6-12)23(21,22)20(4)16-11-13(18)7-10-15(16)19/h5-11H,1-4H3. The van der Waals surface area contributed by atoms with Gasteiger partial charge in [0, 0.05) is 13.1 Å². The predicted octanol–water partition coefficient (Wildman–Crippen LogP) is 4.09. The second-order valence-electron chi connectivity index (χ2n) is 6.34. The number of hydrogen-bond donors (Lipinski definition) is 0. The van der Waals surface area contributed by atoms with Crippen LogP contribution in [0.4, 0.5) is 14.5 Å². The molecule has 0 atom stereocenters. The molecule has 0 saturated carbocycles. The summed E-state index contributed by atoms with van der Waals surface area (Å²) < 4.78 is 53.0. The second kappa shape index (κ2) is 5.92. The van der Waals surface area contributed by atoms with Crippen molar-refractivity contribution < 1.29 is 17.2 Å². The van der Waals surface area contributed by atoms with E-state index in [2.05, 4.69) is 0 Å². The van der Waals surface area contributed by atoms with Crippen molar-refractivity contribution >= 4 is 15.7 Å². The number of sulfonamides is 1. The molecule has 0 aliphatic heterocycles. The maximum absolute atomic E-state index is 13.8. The van der Waals surface area contributed by atoms with Crippen LogP contribution in [0.25, 0.3) is 0 Å². The Kier molecular flexibility index (Phi) is 4.48. The Labute approximate surface area is 135 Å². The summed E-state index contributed by atoms with van der Waals surface area (Å²) in [6, 6.07) is 9.10. The molecule has 0 bridgehead atoms. The summed E-state index contributed by atoms with van der Waals surface area (Å²) >= 11 is 0. The van der Waals surface area contributed by atoms with Gasteiger partial charge in [-0.15, -0.1) is 0 Å². The van der Waals surface area contributed by atoms with Gasteiger partial charge in [0.25, 0.3) is 10.0 Å². The molecule has 0 N–H and O–H groups in total. The molecule has 0 aliphatic rings. The van der Waals surface area contributed by atoms with E-state index in [0.29, 0.717) is 0 Å². The third-order valence-electron chi connectivity index (χ3n) is 3.63. The van der Waals surface area contributed by atoms with Crippen molar-refractivity contribution in [1.82, 2.24) is 0 Å². The van der Waals surface area contributed by atoms with Crippen LogP contribution >= 0.6 is 0 Å². The molecule has 23 heavy (non-hydrogen) atoms. The van der Waals surface area contributed by atoms with Crippen LogP contribution in [0.3, 0.4) is 0 Å². The van der Waals surface area contributed by atoms with Gasteiger partial charge in [-0.3, -0.25) is 4.31 Å². The van der Waals surface area contributed by atoms with E-state index in [9.17, 15) is 17.2 Å². The predicted molar refractivity (Wildman–Crippen MR) is 87.1 cm³/mol. The number of hydrogen-bond acceptors (Lipinski definition) is 2. The lowest BCUT2D eigenvalue weighted by Gasteiger charge is -2.22. The molecule has 0 aromatic heterocycles. The summed E-state index contributed by atoms with van der Waals surface area (Å²) in [6.45, 7) is 6.06. The highest BCUT2D eigenvalue weighted by molar-refractivity contribution is 7.92. The summed E-state index contributed by atoms with van der Waals surface area (Å²) in [4.78, 5) is 0.0247. The van der Waals surface area contributed by atoms with E-state index in [1.54, 1.807) is 12.1 Å². The molecule has 6 heteroatoms. The lowest BCUT2D eigenvalue weighted by Crippen LogP contribution is -2.27. The first-order valence-corrected chi connectivity index (χ1v) is 8.52. The third kappa shape index (κ3) is 3.52. The van der Waals surface area contributed by atoms with Crippen LogP contribution in [0, 0.1) is 11.6 Å². The van der Waals surface area contributed by atoms with Gasteiger partial charge in [0.1, 0.15) is 11.6 Å². The van der Waals surface area contributed by atoms with E-state index >= 15 is 0 Å². The average molecular weight is 339 g/mol. The van der Waals surface area contributed by atoms with E-state index in [0.717, 1.165) is 28.1 Å². The van der Waals surface area contributed by atoms with Crippen molar-refractivity contribution in [2.75, 3.05) is 11.4 Å². The van der Waals surface area contributed by atoms with Crippen molar-refractivity contribution in [2.24, 2.45) is 0 Å². The van der Waals surface area contributed by atoms with E-state index in [1.807, 2.05) is 20.8 Å². The van der Waals surface area contributed by atoms with E-state index < -0.39 is 21.7 Å². The Morgan fingerprint density at radius 1 is 0.957 bits per heavy atom. The highest BCUT2D eigenvalue weighted by Crippen LogP contribution is 2.28. The Bertz CT molecular complexity index is 809. The smallest absolute Gasteiger partial charge is 0.264 e. The summed E-state index contributed by atoms with van der Waals surface area (Å²) in [7, 11) is -2.77. The average Bonchev–Trinajstić information content (AvgIpc) is 2.48. The number of benzene rings is 2. The molecule has 0 spiro atoms. The fraction of sp³-hybridized carbons (Fsp3) is 0.294. The Balaban J connectivity index is 2.43. The van der Waals surface area contributed by atoms with Gasteiger partial charge in [-0.25, -0.2) is 17.2 Å². The fourth-order valence-electron chi connectivity index (χ4n) is 2.14. The monoisotopic (exact) mass is 339 g/mol. The number of anilines is 1. The summed E-state index contributed by atoms with van der Waals surface area (Å²) in [5, 5.41) is 0. The van der Waals surface area contributed by atoms with Crippen LogP contribution in [0.1, 0.15) is 26.3 Å². The highest BCUT2D eigenvalue weighted by Gasteiger charge is 2.24. The second-order valence-corrected chi connectivity index (χ2v) is 8.31. The molecule has 0 amide bonds. The topological polar surface area (TPSA) is 37.4 Å². The lowest BCUT2D eigenvalue weighted by atomic mass is 9.87. The lowest BCUT2D eigenvalue weighted by molar-refractivity contribution is 0.582. The third-order valence-corrected chi connectivity index (χ3v) is 5.41. The van der Waals surface area contributed by atoms with Crippen molar-refractivity contribution in [1.29, 1.82) is 0 Å². The molecule has 0 fully saturated rings. The van der Waals surface area contributed by atoms with Gasteiger partial charge < -0.3 is 0 Å². The molecule has 0 heterocycles. The molecule has 0 unspecified atom stereocenters. The minimum Gasteiger partial charge on any atom is -0.266 e. The number of nitrogens with zero attached hydrogens (tertiary/aromatic N) is 1. The molecule has 2 aromatic carbocycles. The maximum atomic E-state index is 13.8. The van der Waals surface area contributed by atoms with Gasteiger partial charge in [-0.2, -0.15) is 0 Å². The normalized spacial score (nSPS) is 12.3. The zero-order valence-corrected chi connectivity index (χ0v) is 14.3. The molecular formula is C17H19F2NO2S. The van der Waals surface area contributed by atoms with E-state index in [-0.39, 0.29) is 16.0 Å². The van der Waals surface area contributed by atoms with E-state index in [4.69, 9.17) is 0 Å². The molecule has 2 rings (SSSR count). The largest absolute Gasteiger partial charge is 0.266 e. The Hall–Kier alpha value is -1.95. The van der Waals surface area contributed by atoms with Crippen LogP contribution in [0.5, 0.6) is 0 Å². The van der Waals surface area contributed by atoms with Crippen LogP contribution in [0.15, 0.2) is 47.4 Å². The van der Waals surface area contributed by atoms with Gasteiger partial charge in [-0.05, 0) is 35.2 Å². The molecule has 0 aliphatic carbocycles.